The number of rotatable bonds is 7. The van der Waals surface area contributed by atoms with Crippen LogP contribution >= 0.6 is 0 Å². The van der Waals surface area contributed by atoms with Crippen molar-refractivity contribution in [1.29, 1.82) is 0 Å². The molecule has 0 saturated heterocycles. The van der Waals surface area contributed by atoms with Gasteiger partial charge in [-0.25, -0.2) is 23.3 Å². The normalized spacial score (nSPS) is 10.8. The lowest BCUT2D eigenvalue weighted by atomic mass is 10.2. The van der Waals surface area contributed by atoms with Gasteiger partial charge in [-0.05, 0) is 43.3 Å². The molecule has 0 saturated carbocycles. The topological polar surface area (TPSA) is 155 Å². The molecule has 3 aromatic rings. The molecule has 0 unspecified atom stereocenters. The van der Waals surface area contributed by atoms with Crippen LogP contribution < -0.4 is 26.4 Å². The highest BCUT2D eigenvalue weighted by molar-refractivity contribution is 7.89. The maximum atomic E-state index is 12.9. The van der Waals surface area contributed by atoms with Crippen molar-refractivity contribution in [2.24, 2.45) is 5.14 Å². The summed E-state index contributed by atoms with van der Waals surface area (Å²) in [5.41, 5.74) is 1.73. The molecular formula is C21H22N6O4S. The summed E-state index contributed by atoms with van der Waals surface area (Å²) in [5.74, 6) is -0.229. The van der Waals surface area contributed by atoms with Crippen molar-refractivity contribution in [3.63, 3.8) is 0 Å². The first-order valence-corrected chi connectivity index (χ1v) is 11.1. The number of hydrogen-bond acceptors (Lipinski definition) is 6. The lowest BCUT2D eigenvalue weighted by molar-refractivity contribution is 0.102. The first kappa shape index (κ1) is 22.7. The third-order valence-electron chi connectivity index (χ3n) is 4.22. The van der Waals surface area contributed by atoms with Crippen LogP contribution in [-0.4, -0.2) is 31.9 Å². The summed E-state index contributed by atoms with van der Waals surface area (Å²) in [6.07, 6.45) is 1.33. The number of primary sulfonamides is 1. The van der Waals surface area contributed by atoms with E-state index in [1.165, 1.54) is 30.5 Å². The van der Waals surface area contributed by atoms with Crippen molar-refractivity contribution in [3.8, 4) is 0 Å². The van der Waals surface area contributed by atoms with Gasteiger partial charge in [0, 0.05) is 30.2 Å². The predicted octanol–water partition coefficient (Wildman–Crippen LogP) is 2.87. The van der Waals surface area contributed by atoms with Gasteiger partial charge in [0.2, 0.25) is 10.0 Å². The molecule has 0 radical (unpaired) electrons. The van der Waals surface area contributed by atoms with Crippen LogP contribution in [0.4, 0.5) is 27.7 Å². The standard InChI is InChI=1S/C21H22N6O4S/c1-2-23-21(29)27-19-12-18(25-14-6-4-3-5-7-14)17(13-24-19)20(28)26-15-8-10-16(11-9-15)32(22,30)31/h3-13H,2H2,1H3,(H,26,28)(H2,22,30,31)(H3,23,24,25,27,29). The van der Waals surface area contributed by atoms with E-state index in [-0.39, 0.29) is 16.3 Å². The molecule has 0 spiro atoms. The van der Waals surface area contributed by atoms with Gasteiger partial charge in [0.15, 0.2) is 0 Å². The Morgan fingerprint density at radius 3 is 2.28 bits per heavy atom. The van der Waals surface area contributed by atoms with Crippen LogP contribution in [0.25, 0.3) is 0 Å². The van der Waals surface area contributed by atoms with E-state index in [9.17, 15) is 18.0 Å². The Kier molecular flexibility index (Phi) is 7.03. The molecule has 1 heterocycles. The zero-order valence-electron chi connectivity index (χ0n) is 17.1. The van der Waals surface area contributed by atoms with E-state index >= 15 is 0 Å². The van der Waals surface area contributed by atoms with Crippen molar-refractivity contribution < 1.29 is 18.0 Å². The zero-order chi connectivity index (χ0) is 23.1. The fourth-order valence-electron chi connectivity index (χ4n) is 2.73. The van der Waals surface area contributed by atoms with Gasteiger partial charge in [0.05, 0.1) is 16.1 Å². The number of hydrogen-bond donors (Lipinski definition) is 5. The summed E-state index contributed by atoms with van der Waals surface area (Å²) < 4.78 is 22.8. The maximum absolute atomic E-state index is 12.9. The van der Waals surface area contributed by atoms with Gasteiger partial charge >= 0.3 is 6.03 Å². The molecule has 0 bridgehead atoms. The van der Waals surface area contributed by atoms with Crippen molar-refractivity contribution in [3.05, 3.63) is 72.4 Å². The van der Waals surface area contributed by atoms with Crippen molar-refractivity contribution in [2.75, 3.05) is 22.5 Å². The summed E-state index contributed by atoms with van der Waals surface area (Å²) in [6.45, 7) is 2.24. The quantitative estimate of drug-likeness (QED) is 0.370. The van der Waals surface area contributed by atoms with Gasteiger partial charge in [-0.15, -0.1) is 0 Å². The highest BCUT2D eigenvalue weighted by Crippen LogP contribution is 2.24. The molecule has 0 atom stereocenters. The average molecular weight is 455 g/mol. The van der Waals surface area contributed by atoms with Crippen LogP contribution in [0.3, 0.4) is 0 Å². The second-order valence-corrected chi connectivity index (χ2v) is 8.18. The van der Waals surface area contributed by atoms with Gasteiger partial charge in [0.1, 0.15) is 5.82 Å². The predicted molar refractivity (Wildman–Crippen MR) is 122 cm³/mol. The van der Waals surface area contributed by atoms with Crippen LogP contribution in [-0.2, 0) is 10.0 Å². The number of benzene rings is 2. The van der Waals surface area contributed by atoms with Crippen molar-refractivity contribution in [1.82, 2.24) is 10.3 Å². The maximum Gasteiger partial charge on any atom is 0.320 e. The minimum absolute atomic E-state index is 0.0654. The van der Waals surface area contributed by atoms with Gasteiger partial charge in [0.25, 0.3) is 5.91 Å². The molecule has 11 heteroatoms. The molecule has 6 N–H and O–H groups in total. The number of nitrogens with two attached hydrogens (primary N) is 1. The second-order valence-electron chi connectivity index (χ2n) is 6.61. The lowest BCUT2D eigenvalue weighted by Crippen LogP contribution is -2.28. The number of pyridine rings is 1. The average Bonchev–Trinajstić information content (AvgIpc) is 2.74. The molecule has 1 aromatic heterocycles. The van der Waals surface area contributed by atoms with E-state index in [0.717, 1.165) is 5.69 Å². The Labute approximate surface area is 185 Å². The number of carbonyl (C=O) groups excluding carboxylic acids is 2. The summed E-state index contributed by atoms with van der Waals surface area (Å²) in [7, 11) is -3.83. The molecule has 3 rings (SSSR count). The minimum atomic E-state index is -3.83. The molecular weight excluding hydrogens is 432 g/mol. The number of sulfonamides is 1. The molecule has 0 fully saturated rings. The number of amides is 3. The molecule has 32 heavy (non-hydrogen) atoms. The number of para-hydroxylation sites is 1. The van der Waals surface area contributed by atoms with E-state index in [1.54, 1.807) is 13.0 Å². The molecule has 0 aliphatic carbocycles. The van der Waals surface area contributed by atoms with E-state index in [4.69, 9.17) is 5.14 Å². The molecule has 0 aliphatic heterocycles. The Morgan fingerprint density at radius 2 is 1.66 bits per heavy atom. The molecule has 10 nitrogen and oxygen atoms in total. The molecule has 0 aliphatic rings. The van der Waals surface area contributed by atoms with E-state index in [1.807, 2.05) is 30.3 Å². The Bertz CT molecular complexity index is 1210. The summed E-state index contributed by atoms with van der Waals surface area (Å²) in [5, 5.41) is 16.1. The van der Waals surface area contributed by atoms with Crippen LogP contribution in [0, 0.1) is 0 Å². The molecule has 3 amide bonds. The van der Waals surface area contributed by atoms with Gasteiger partial charge in [-0.1, -0.05) is 18.2 Å². The Balaban J connectivity index is 1.87. The Morgan fingerprint density at radius 1 is 0.969 bits per heavy atom. The highest BCUT2D eigenvalue weighted by atomic mass is 32.2. The number of anilines is 4. The van der Waals surface area contributed by atoms with Crippen LogP contribution in [0.2, 0.25) is 0 Å². The fraction of sp³-hybridized carbons (Fsp3) is 0.0952. The highest BCUT2D eigenvalue weighted by Gasteiger charge is 2.16. The first-order chi connectivity index (χ1) is 15.3. The van der Waals surface area contributed by atoms with Crippen LogP contribution in [0.15, 0.2) is 71.8 Å². The van der Waals surface area contributed by atoms with Crippen molar-refractivity contribution >= 4 is 44.8 Å². The summed E-state index contributed by atoms with van der Waals surface area (Å²) in [6, 6.07) is 15.8. The largest absolute Gasteiger partial charge is 0.355 e. The smallest absolute Gasteiger partial charge is 0.320 e. The summed E-state index contributed by atoms with van der Waals surface area (Å²) >= 11 is 0. The molecule has 2 aromatic carbocycles. The third kappa shape index (κ3) is 6.03. The van der Waals surface area contributed by atoms with Crippen molar-refractivity contribution in [2.45, 2.75) is 11.8 Å². The lowest BCUT2D eigenvalue weighted by Gasteiger charge is -2.14. The van der Waals surface area contributed by atoms with Gasteiger partial charge in [-0.3, -0.25) is 10.1 Å². The third-order valence-corrected chi connectivity index (χ3v) is 5.15. The molecule has 166 valence electrons. The number of urea groups is 1. The monoisotopic (exact) mass is 454 g/mol. The van der Waals surface area contributed by atoms with E-state index in [2.05, 4.69) is 26.3 Å². The number of nitrogens with zero attached hydrogens (tertiary/aromatic N) is 1. The summed E-state index contributed by atoms with van der Waals surface area (Å²) in [4.78, 5) is 28.8. The van der Waals surface area contributed by atoms with Gasteiger partial charge < -0.3 is 16.0 Å². The zero-order valence-corrected chi connectivity index (χ0v) is 17.9. The number of nitrogens with one attached hydrogen (secondary N) is 4. The van der Waals surface area contributed by atoms with Crippen LogP contribution in [0.1, 0.15) is 17.3 Å². The SMILES string of the molecule is CCNC(=O)Nc1cc(Nc2ccccc2)c(C(=O)Nc2ccc(S(N)(=O)=O)cc2)cn1. The van der Waals surface area contributed by atoms with Gasteiger partial charge in [-0.2, -0.15) is 0 Å². The fourth-order valence-corrected chi connectivity index (χ4v) is 3.25. The van der Waals surface area contributed by atoms with E-state index < -0.39 is 22.0 Å². The Hall–Kier alpha value is -3.96. The second kappa shape index (κ2) is 9.90. The van der Waals surface area contributed by atoms with E-state index in [0.29, 0.717) is 17.9 Å². The first-order valence-electron chi connectivity index (χ1n) is 9.57. The minimum Gasteiger partial charge on any atom is -0.355 e. The number of carbonyl (C=O) groups is 2. The number of aromatic nitrogens is 1. The van der Waals surface area contributed by atoms with Crippen LogP contribution in [0.5, 0.6) is 0 Å².